The molecule has 0 bridgehead atoms. The van der Waals surface area contributed by atoms with Gasteiger partial charge in [-0.2, -0.15) is 0 Å². The van der Waals surface area contributed by atoms with Gasteiger partial charge in [-0.1, -0.05) is 29.3 Å². The maximum Gasteiger partial charge on any atom is 0.261 e. The van der Waals surface area contributed by atoms with Crippen LogP contribution < -0.4 is 0 Å². The Kier molecular flexibility index (Phi) is 5.93. The van der Waals surface area contributed by atoms with Gasteiger partial charge >= 0.3 is 0 Å². The normalized spacial score (nSPS) is 13.4. The average molecular weight is 381 g/mol. The zero-order valence-corrected chi connectivity index (χ0v) is 15.1. The molecule has 23 heavy (non-hydrogen) atoms. The number of nitrogens with zero attached hydrogens (tertiary/aromatic N) is 2. The van der Waals surface area contributed by atoms with E-state index in [1.54, 1.807) is 23.1 Å². The minimum Gasteiger partial charge on any atom is -0.343 e. The molecule has 6 heteroatoms. The Balaban J connectivity index is 2.00. The Bertz CT molecular complexity index is 630. The van der Waals surface area contributed by atoms with E-state index in [2.05, 4.69) is 22.9 Å². The Hall–Kier alpha value is -1.69. The molecule has 1 aliphatic heterocycles. The topological polar surface area (TPSA) is 57.7 Å². The lowest BCUT2D eigenvalue weighted by Crippen LogP contribution is -2.37. The van der Waals surface area contributed by atoms with E-state index in [-0.39, 0.29) is 30.7 Å². The molecular weight excluding hydrogens is 360 g/mol. The molecule has 1 aromatic rings. The van der Waals surface area contributed by atoms with Gasteiger partial charge in [-0.25, -0.2) is 0 Å². The molecule has 0 radical (unpaired) electrons. The van der Waals surface area contributed by atoms with Crippen molar-refractivity contribution in [2.45, 2.75) is 33.1 Å². The fourth-order valence-electron chi connectivity index (χ4n) is 2.64. The molecule has 1 aliphatic rings. The zero-order chi connectivity index (χ0) is 17.0. The highest BCUT2D eigenvalue weighted by Crippen LogP contribution is 2.26. The van der Waals surface area contributed by atoms with Crippen LogP contribution in [0.5, 0.6) is 0 Å². The minimum atomic E-state index is -0.323. The van der Waals surface area contributed by atoms with Crippen LogP contribution in [0.15, 0.2) is 22.7 Å². The second-order valence-electron chi connectivity index (χ2n) is 5.53. The molecule has 0 N–H and O–H groups in total. The first-order valence-electron chi connectivity index (χ1n) is 7.93. The van der Waals surface area contributed by atoms with Gasteiger partial charge in [-0.15, -0.1) is 0 Å². The third-order valence-electron chi connectivity index (χ3n) is 4.00. The predicted octanol–water partition coefficient (Wildman–Crippen LogP) is 3.08. The second kappa shape index (κ2) is 7.73. The second-order valence-corrected chi connectivity index (χ2v) is 6.44. The molecule has 0 spiro atoms. The number of unbranched alkanes of at least 4 members (excludes halogenated alkanes) is 1. The van der Waals surface area contributed by atoms with Crippen molar-refractivity contribution in [2.24, 2.45) is 0 Å². The zero-order valence-electron chi connectivity index (χ0n) is 13.5. The van der Waals surface area contributed by atoms with Crippen molar-refractivity contribution in [3.63, 3.8) is 0 Å². The van der Waals surface area contributed by atoms with E-state index >= 15 is 0 Å². The molecule has 124 valence electrons. The van der Waals surface area contributed by atoms with Crippen molar-refractivity contribution >= 4 is 33.7 Å². The van der Waals surface area contributed by atoms with Crippen molar-refractivity contribution in [3.8, 4) is 0 Å². The number of rotatable bonds is 7. The number of carbonyl (C=O) groups is 3. The average Bonchev–Trinajstić information content (AvgIpc) is 2.77. The van der Waals surface area contributed by atoms with Crippen molar-refractivity contribution in [1.82, 2.24) is 9.80 Å². The van der Waals surface area contributed by atoms with Crippen LogP contribution in [0.2, 0.25) is 0 Å². The largest absolute Gasteiger partial charge is 0.343 e. The van der Waals surface area contributed by atoms with E-state index in [0.717, 1.165) is 23.9 Å². The molecule has 0 atom stereocenters. The van der Waals surface area contributed by atoms with Crippen LogP contribution in [0, 0.1) is 0 Å². The van der Waals surface area contributed by atoms with Gasteiger partial charge in [0.2, 0.25) is 5.91 Å². The lowest BCUT2D eigenvalue weighted by atomic mass is 10.1. The Morgan fingerprint density at radius 3 is 2.52 bits per heavy atom. The molecule has 1 aromatic carbocycles. The monoisotopic (exact) mass is 380 g/mol. The number of hydrogen-bond acceptors (Lipinski definition) is 3. The number of amides is 3. The van der Waals surface area contributed by atoms with Crippen LogP contribution in [0.25, 0.3) is 0 Å². The van der Waals surface area contributed by atoms with Crippen LogP contribution in [0.1, 0.15) is 53.8 Å². The summed E-state index contributed by atoms with van der Waals surface area (Å²) in [5.74, 6) is -0.656. The van der Waals surface area contributed by atoms with Crippen LogP contribution >= 0.6 is 15.9 Å². The van der Waals surface area contributed by atoms with Crippen molar-refractivity contribution < 1.29 is 14.4 Å². The van der Waals surface area contributed by atoms with Gasteiger partial charge in [0.05, 0.1) is 11.1 Å². The molecule has 0 aliphatic carbocycles. The van der Waals surface area contributed by atoms with Gasteiger partial charge in [-0.05, 0) is 31.5 Å². The summed E-state index contributed by atoms with van der Waals surface area (Å²) in [4.78, 5) is 39.8. The van der Waals surface area contributed by atoms with Gasteiger partial charge in [0.15, 0.2) is 0 Å². The van der Waals surface area contributed by atoms with E-state index in [9.17, 15) is 14.4 Å². The van der Waals surface area contributed by atoms with Gasteiger partial charge in [-0.3, -0.25) is 19.3 Å². The lowest BCUT2D eigenvalue weighted by Gasteiger charge is -2.22. The summed E-state index contributed by atoms with van der Waals surface area (Å²) in [6, 6.07) is 5.03. The van der Waals surface area contributed by atoms with Crippen molar-refractivity contribution in [1.29, 1.82) is 0 Å². The first kappa shape index (κ1) is 17.7. The quantitative estimate of drug-likeness (QED) is 0.682. The Labute approximate surface area is 144 Å². The van der Waals surface area contributed by atoms with Crippen molar-refractivity contribution in [3.05, 3.63) is 33.8 Å². The number of fused-ring (bicyclic) bond motifs is 1. The van der Waals surface area contributed by atoms with E-state index in [4.69, 9.17) is 0 Å². The third kappa shape index (κ3) is 3.80. The molecule has 5 nitrogen and oxygen atoms in total. The molecule has 0 saturated heterocycles. The fourth-order valence-corrected chi connectivity index (χ4v) is 3.00. The summed E-state index contributed by atoms with van der Waals surface area (Å²) in [5.41, 5.74) is 0.805. The third-order valence-corrected chi connectivity index (χ3v) is 4.49. The van der Waals surface area contributed by atoms with E-state index in [0.29, 0.717) is 17.7 Å². The van der Waals surface area contributed by atoms with Crippen LogP contribution in [-0.2, 0) is 4.79 Å². The summed E-state index contributed by atoms with van der Waals surface area (Å²) in [7, 11) is 0. The van der Waals surface area contributed by atoms with Gasteiger partial charge in [0.1, 0.15) is 0 Å². The number of halogens is 1. The summed E-state index contributed by atoms with van der Waals surface area (Å²) < 4.78 is 0.757. The number of carbonyl (C=O) groups excluding carboxylic acids is 3. The first-order valence-corrected chi connectivity index (χ1v) is 8.72. The maximum absolute atomic E-state index is 12.3. The summed E-state index contributed by atoms with van der Waals surface area (Å²) in [5, 5.41) is 0. The molecule has 0 aromatic heterocycles. The molecule has 0 fully saturated rings. The predicted molar refractivity (Wildman–Crippen MR) is 91.3 cm³/mol. The molecule has 2 rings (SSSR count). The summed E-state index contributed by atoms with van der Waals surface area (Å²) in [6.45, 7) is 5.52. The number of hydrogen-bond donors (Lipinski definition) is 0. The van der Waals surface area contributed by atoms with Gasteiger partial charge in [0.25, 0.3) is 11.8 Å². The minimum absolute atomic E-state index is 0.0151. The fraction of sp³-hybridized carbons (Fsp3) is 0.471. The van der Waals surface area contributed by atoms with Gasteiger partial charge in [0, 0.05) is 30.5 Å². The standard InChI is InChI=1S/C17H21BrN2O3/c1-3-5-9-19(4-2)15(21)8-10-20-16(22)13-7-6-12(18)11-14(13)17(20)23/h6-7,11H,3-5,8-10H2,1-2H3. The highest BCUT2D eigenvalue weighted by atomic mass is 79.9. The summed E-state index contributed by atoms with van der Waals surface area (Å²) >= 11 is 3.30. The first-order chi connectivity index (χ1) is 11.0. The van der Waals surface area contributed by atoms with Crippen LogP contribution in [0.3, 0.4) is 0 Å². The molecule has 0 saturated carbocycles. The van der Waals surface area contributed by atoms with E-state index in [1.165, 1.54) is 4.90 Å². The van der Waals surface area contributed by atoms with E-state index < -0.39 is 0 Å². The smallest absolute Gasteiger partial charge is 0.261 e. The Morgan fingerprint density at radius 1 is 1.17 bits per heavy atom. The van der Waals surface area contributed by atoms with Crippen LogP contribution in [0.4, 0.5) is 0 Å². The lowest BCUT2D eigenvalue weighted by molar-refractivity contribution is -0.131. The van der Waals surface area contributed by atoms with Crippen LogP contribution in [-0.4, -0.2) is 47.2 Å². The molecule has 0 unspecified atom stereocenters. The molecular formula is C17H21BrN2O3. The molecule has 1 heterocycles. The van der Waals surface area contributed by atoms with E-state index in [1.807, 2.05) is 6.92 Å². The number of imide groups is 1. The maximum atomic E-state index is 12.3. The highest BCUT2D eigenvalue weighted by molar-refractivity contribution is 9.10. The Morgan fingerprint density at radius 2 is 1.87 bits per heavy atom. The number of benzene rings is 1. The SMILES string of the molecule is CCCCN(CC)C(=O)CCN1C(=O)c2ccc(Br)cc2C1=O. The highest BCUT2D eigenvalue weighted by Gasteiger charge is 2.35. The van der Waals surface area contributed by atoms with Gasteiger partial charge < -0.3 is 4.90 Å². The summed E-state index contributed by atoms with van der Waals surface area (Å²) in [6.07, 6.45) is 2.15. The van der Waals surface area contributed by atoms with Crippen molar-refractivity contribution in [2.75, 3.05) is 19.6 Å². The molecule has 3 amide bonds.